The van der Waals surface area contributed by atoms with Gasteiger partial charge < -0.3 is 5.73 Å². The topological polar surface area (TPSA) is 55.4 Å². The van der Waals surface area contributed by atoms with Crippen molar-refractivity contribution in [1.82, 2.24) is 0 Å². The second-order valence-corrected chi connectivity index (χ2v) is 4.57. The van der Waals surface area contributed by atoms with Crippen molar-refractivity contribution in [2.24, 2.45) is 10.7 Å². The zero-order valence-corrected chi connectivity index (χ0v) is 12.5. The van der Waals surface area contributed by atoms with E-state index in [1.165, 1.54) is 12.8 Å². The molecule has 0 aliphatic heterocycles. The zero-order valence-electron chi connectivity index (χ0n) is 11.8. The molecule has 1 rings (SSSR count). The summed E-state index contributed by atoms with van der Waals surface area (Å²) in [4.78, 5) is 14.9. The number of hydrogen-bond acceptors (Lipinski definition) is 2. The van der Waals surface area contributed by atoms with Crippen LogP contribution in [0.2, 0.25) is 0 Å². The molecule has 0 aliphatic rings. The molecule has 0 heterocycles. The fraction of sp³-hybridized carbons (Fsp3) is 0.333. The van der Waals surface area contributed by atoms with Gasteiger partial charge in [-0.05, 0) is 31.3 Å². The molecule has 0 spiro atoms. The van der Waals surface area contributed by atoms with E-state index >= 15 is 0 Å². The van der Waals surface area contributed by atoms with Crippen LogP contribution in [0.1, 0.15) is 48.2 Å². The first-order valence-electron chi connectivity index (χ1n) is 6.14. The van der Waals surface area contributed by atoms with Gasteiger partial charge in [0.15, 0.2) is 0 Å². The number of halogens is 1. The molecular formula is C15H21ClN2O. The fourth-order valence-electron chi connectivity index (χ4n) is 1.31. The van der Waals surface area contributed by atoms with Crippen LogP contribution in [0.25, 0.3) is 5.03 Å². The van der Waals surface area contributed by atoms with Crippen molar-refractivity contribution in [2.75, 3.05) is 0 Å². The molecule has 2 N–H and O–H groups in total. The molecule has 0 atom stereocenters. The second kappa shape index (κ2) is 8.48. The first-order valence-corrected chi connectivity index (χ1v) is 6.52. The standard InChI is InChI=1S/C11H11ClN2O.C4H10/c1-6-4-10(14-3)9(7(2)12)5-8(6)11(13)15;1-3-4-2/h4-5H,2-3H2,1H3,(H2,13,15);3-4H2,1-2H3. The van der Waals surface area contributed by atoms with Gasteiger partial charge in [0.1, 0.15) is 0 Å². The molecule has 0 fully saturated rings. The molecule has 3 nitrogen and oxygen atoms in total. The van der Waals surface area contributed by atoms with E-state index in [0.29, 0.717) is 21.8 Å². The van der Waals surface area contributed by atoms with Gasteiger partial charge in [-0.25, -0.2) is 0 Å². The number of carbonyl (C=O) groups excluding carboxylic acids is 1. The summed E-state index contributed by atoms with van der Waals surface area (Å²) in [6, 6.07) is 3.28. The third-order valence-corrected chi connectivity index (χ3v) is 2.77. The molecule has 0 unspecified atom stereocenters. The maximum atomic E-state index is 11.1. The lowest BCUT2D eigenvalue weighted by Gasteiger charge is -2.08. The Morgan fingerprint density at radius 3 is 2.16 bits per heavy atom. The summed E-state index contributed by atoms with van der Waals surface area (Å²) in [6.07, 6.45) is 2.64. The van der Waals surface area contributed by atoms with Gasteiger partial charge in [0.2, 0.25) is 5.91 Å². The van der Waals surface area contributed by atoms with Gasteiger partial charge >= 0.3 is 0 Å². The molecule has 0 radical (unpaired) electrons. The lowest BCUT2D eigenvalue weighted by Crippen LogP contribution is -2.12. The molecule has 1 aromatic carbocycles. The van der Waals surface area contributed by atoms with Gasteiger partial charge in [-0.1, -0.05) is 44.9 Å². The third kappa shape index (κ3) is 5.26. The summed E-state index contributed by atoms with van der Waals surface area (Å²) in [5, 5.41) is 0.305. The number of nitrogens with zero attached hydrogens (tertiary/aromatic N) is 1. The largest absolute Gasteiger partial charge is 0.366 e. The number of hydrogen-bond donors (Lipinski definition) is 1. The third-order valence-electron chi connectivity index (χ3n) is 2.57. The van der Waals surface area contributed by atoms with Gasteiger partial charge in [0, 0.05) is 16.2 Å². The quantitative estimate of drug-likeness (QED) is 0.814. The number of amides is 1. The van der Waals surface area contributed by atoms with Crippen LogP contribution in [0, 0.1) is 6.92 Å². The molecule has 0 aromatic heterocycles. The van der Waals surface area contributed by atoms with Crippen molar-refractivity contribution in [3.63, 3.8) is 0 Å². The predicted octanol–water partition coefficient (Wildman–Crippen LogP) is 4.44. The number of rotatable bonds is 4. The van der Waals surface area contributed by atoms with Gasteiger partial charge in [-0.15, -0.1) is 0 Å². The van der Waals surface area contributed by atoms with Crippen molar-refractivity contribution in [3.8, 4) is 0 Å². The first-order chi connectivity index (χ1) is 8.88. The molecule has 0 aliphatic carbocycles. The van der Waals surface area contributed by atoms with Crippen LogP contribution in [0.5, 0.6) is 0 Å². The van der Waals surface area contributed by atoms with E-state index < -0.39 is 5.91 Å². The molecule has 0 bridgehead atoms. The highest BCUT2D eigenvalue weighted by molar-refractivity contribution is 6.48. The van der Waals surface area contributed by atoms with Crippen LogP contribution >= 0.6 is 11.6 Å². The minimum Gasteiger partial charge on any atom is -0.366 e. The Bertz CT molecular complexity index is 479. The molecule has 0 saturated heterocycles. The van der Waals surface area contributed by atoms with Crippen LogP contribution < -0.4 is 5.73 Å². The normalized spacial score (nSPS) is 9.26. The van der Waals surface area contributed by atoms with Crippen LogP contribution in [0.4, 0.5) is 5.69 Å². The van der Waals surface area contributed by atoms with E-state index in [1.54, 1.807) is 19.1 Å². The number of benzene rings is 1. The van der Waals surface area contributed by atoms with E-state index in [-0.39, 0.29) is 0 Å². The zero-order chi connectivity index (χ0) is 15.0. The molecule has 104 valence electrons. The first kappa shape index (κ1) is 17.4. The van der Waals surface area contributed by atoms with Crippen LogP contribution in [0.3, 0.4) is 0 Å². The van der Waals surface area contributed by atoms with Crippen molar-refractivity contribution < 1.29 is 4.79 Å². The van der Waals surface area contributed by atoms with Crippen LogP contribution in [-0.4, -0.2) is 12.6 Å². The summed E-state index contributed by atoms with van der Waals surface area (Å²) >= 11 is 5.78. The Morgan fingerprint density at radius 1 is 1.32 bits per heavy atom. The molecule has 1 aromatic rings. The van der Waals surface area contributed by atoms with Crippen molar-refractivity contribution >= 4 is 34.9 Å². The van der Waals surface area contributed by atoms with Gasteiger partial charge in [0.05, 0.1) is 5.69 Å². The van der Waals surface area contributed by atoms with E-state index in [2.05, 4.69) is 32.1 Å². The maximum Gasteiger partial charge on any atom is 0.248 e. The summed E-state index contributed by atoms with van der Waals surface area (Å²) in [5.74, 6) is -0.498. The molecule has 0 saturated carbocycles. The Labute approximate surface area is 120 Å². The van der Waals surface area contributed by atoms with Crippen LogP contribution in [0.15, 0.2) is 23.7 Å². The summed E-state index contributed by atoms with van der Waals surface area (Å²) < 4.78 is 0. The number of aryl methyl sites for hydroxylation is 1. The average Bonchev–Trinajstić information content (AvgIpc) is 2.37. The number of carbonyl (C=O) groups is 1. The van der Waals surface area contributed by atoms with Gasteiger partial charge in [0.25, 0.3) is 0 Å². The highest BCUT2D eigenvalue weighted by Gasteiger charge is 2.11. The number of primary amides is 1. The van der Waals surface area contributed by atoms with Crippen molar-refractivity contribution in [1.29, 1.82) is 0 Å². The van der Waals surface area contributed by atoms with Crippen molar-refractivity contribution in [2.45, 2.75) is 33.6 Å². The fourth-order valence-corrected chi connectivity index (χ4v) is 1.46. The Morgan fingerprint density at radius 2 is 1.84 bits per heavy atom. The Kier molecular flexibility index (Phi) is 7.77. The monoisotopic (exact) mass is 280 g/mol. The second-order valence-electron chi connectivity index (χ2n) is 4.11. The molecule has 19 heavy (non-hydrogen) atoms. The lowest BCUT2D eigenvalue weighted by atomic mass is 10.0. The Hall–Kier alpha value is -1.61. The number of aliphatic imine (C=N–C) groups is 1. The predicted molar refractivity (Wildman–Crippen MR) is 84.4 cm³/mol. The molecular weight excluding hydrogens is 260 g/mol. The van der Waals surface area contributed by atoms with Gasteiger partial charge in [-0.2, -0.15) is 0 Å². The highest BCUT2D eigenvalue weighted by atomic mass is 35.5. The minimum absolute atomic E-state index is 0.305. The van der Waals surface area contributed by atoms with Crippen molar-refractivity contribution in [3.05, 3.63) is 35.4 Å². The van der Waals surface area contributed by atoms with Crippen LogP contribution in [-0.2, 0) is 0 Å². The highest BCUT2D eigenvalue weighted by Crippen LogP contribution is 2.30. The Balaban J connectivity index is 0.000000711. The van der Waals surface area contributed by atoms with E-state index in [4.69, 9.17) is 17.3 Å². The smallest absolute Gasteiger partial charge is 0.248 e. The van der Waals surface area contributed by atoms with E-state index in [1.807, 2.05) is 0 Å². The molecule has 1 amide bonds. The minimum atomic E-state index is -0.498. The van der Waals surface area contributed by atoms with E-state index in [9.17, 15) is 4.79 Å². The molecule has 4 heteroatoms. The number of nitrogens with two attached hydrogens (primary N) is 1. The SMILES string of the molecule is C=Nc1cc(C)c(C(N)=O)cc1C(=C)Cl.CCCC. The number of unbranched alkanes of at least 4 members (excludes halogenated alkanes) is 1. The van der Waals surface area contributed by atoms with Gasteiger partial charge in [-0.3, -0.25) is 9.79 Å². The summed E-state index contributed by atoms with van der Waals surface area (Å²) in [5.41, 5.74) is 7.55. The maximum absolute atomic E-state index is 11.1. The summed E-state index contributed by atoms with van der Waals surface area (Å²) in [6.45, 7) is 13.1. The average molecular weight is 281 g/mol. The van der Waals surface area contributed by atoms with E-state index in [0.717, 1.165) is 5.56 Å². The summed E-state index contributed by atoms with van der Waals surface area (Å²) in [7, 11) is 0. The lowest BCUT2D eigenvalue weighted by molar-refractivity contribution is 0.0999.